The van der Waals surface area contributed by atoms with Gasteiger partial charge in [-0.1, -0.05) is 6.42 Å². The summed E-state index contributed by atoms with van der Waals surface area (Å²) >= 11 is -0.177. The maximum Gasteiger partial charge on any atom is 0.446 e. The molecule has 0 aliphatic carbocycles. The molecule has 1 fully saturated rings. The molecule has 0 spiro atoms. The van der Waals surface area contributed by atoms with Crippen LogP contribution in [-0.4, -0.2) is 42.0 Å². The Labute approximate surface area is 151 Å². The molecule has 1 aromatic rings. The number of unbranched alkanes of at least 4 members (excludes halogenated alkanes) is 1. The third-order valence-corrected chi connectivity index (χ3v) is 5.19. The predicted octanol–water partition coefficient (Wildman–Crippen LogP) is 4.68. The van der Waals surface area contributed by atoms with Gasteiger partial charge in [0.25, 0.3) is 5.91 Å². The smallest absolute Gasteiger partial charge is 0.352 e. The molecule has 1 aromatic carbocycles. The Bertz CT molecular complexity index is 548. The molecule has 1 aliphatic rings. The van der Waals surface area contributed by atoms with E-state index in [1.54, 1.807) is 0 Å². The van der Waals surface area contributed by atoms with E-state index in [-0.39, 0.29) is 22.6 Å². The number of thioether (sulfide) groups is 1. The summed E-state index contributed by atoms with van der Waals surface area (Å²) in [5.74, 6) is -0.241. The quantitative estimate of drug-likeness (QED) is 0.555. The van der Waals surface area contributed by atoms with Gasteiger partial charge in [0.1, 0.15) is 0 Å². The van der Waals surface area contributed by atoms with Crippen LogP contribution in [0.25, 0.3) is 0 Å². The number of nitrogens with zero attached hydrogens (tertiary/aromatic N) is 1. The average molecular weight is 374 g/mol. The normalized spacial score (nSPS) is 19.0. The summed E-state index contributed by atoms with van der Waals surface area (Å²) in [6.07, 6.45) is 5.78. The van der Waals surface area contributed by atoms with E-state index >= 15 is 0 Å². The fraction of sp³-hybridized carbons (Fsp3) is 0.611. The van der Waals surface area contributed by atoms with Gasteiger partial charge in [-0.25, -0.2) is 0 Å². The number of halogens is 3. The van der Waals surface area contributed by atoms with E-state index in [1.165, 1.54) is 43.5 Å². The first kappa shape index (κ1) is 20.1. The first-order chi connectivity index (χ1) is 11.8. The molecule has 2 rings (SSSR count). The van der Waals surface area contributed by atoms with Crippen molar-refractivity contribution < 1.29 is 18.0 Å². The van der Waals surface area contributed by atoms with E-state index in [9.17, 15) is 18.0 Å². The van der Waals surface area contributed by atoms with Gasteiger partial charge >= 0.3 is 5.51 Å². The Morgan fingerprint density at radius 2 is 1.96 bits per heavy atom. The number of piperidine rings is 1. The van der Waals surface area contributed by atoms with Crippen LogP contribution in [0.3, 0.4) is 0 Å². The van der Waals surface area contributed by atoms with E-state index in [0.717, 1.165) is 25.9 Å². The van der Waals surface area contributed by atoms with Crippen LogP contribution in [0.1, 0.15) is 49.4 Å². The van der Waals surface area contributed by atoms with E-state index in [1.807, 2.05) is 0 Å². The second-order valence-electron chi connectivity index (χ2n) is 6.42. The molecule has 3 nitrogen and oxygen atoms in total. The zero-order valence-electron chi connectivity index (χ0n) is 14.4. The Kier molecular flexibility index (Phi) is 7.62. The summed E-state index contributed by atoms with van der Waals surface area (Å²) < 4.78 is 36.8. The Morgan fingerprint density at radius 1 is 1.24 bits per heavy atom. The van der Waals surface area contributed by atoms with Gasteiger partial charge < -0.3 is 10.2 Å². The van der Waals surface area contributed by atoms with Crippen molar-refractivity contribution in [2.24, 2.45) is 0 Å². The third-order valence-electron chi connectivity index (χ3n) is 4.45. The Balaban J connectivity index is 1.66. The molecule has 1 amide bonds. The van der Waals surface area contributed by atoms with Gasteiger partial charge in [0.05, 0.1) is 0 Å². The largest absolute Gasteiger partial charge is 0.446 e. The SMILES string of the molecule is CC1CCCCN1CCCCNC(=O)c1ccc(SC(F)(F)F)cc1. The Morgan fingerprint density at radius 3 is 2.60 bits per heavy atom. The number of rotatable bonds is 7. The number of amides is 1. The van der Waals surface area contributed by atoms with E-state index in [4.69, 9.17) is 0 Å². The first-order valence-corrected chi connectivity index (χ1v) is 9.55. The van der Waals surface area contributed by atoms with Crippen molar-refractivity contribution in [2.45, 2.75) is 55.5 Å². The molecule has 1 saturated heterocycles. The fourth-order valence-electron chi connectivity index (χ4n) is 3.04. The standard InChI is InChI=1S/C18H25F3N2OS/c1-14-6-2-4-12-23(14)13-5-3-11-22-17(24)15-7-9-16(10-8-15)25-18(19,20)21/h7-10,14H,2-6,11-13H2,1H3,(H,22,24). The fourth-order valence-corrected chi connectivity index (χ4v) is 3.58. The Hall–Kier alpha value is -1.21. The molecule has 0 saturated carbocycles. The van der Waals surface area contributed by atoms with Gasteiger partial charge in [-0.05, 0) is 81.7 Å². The highest BCUT2D eigenvalue weighted by Crippen LogP contribution is 2.36. The molecule has 1 aliphatic heterocycles. The van der Waals surface area contributed by atoms with Gasteiger partial charge in [-0.15, -0.1) is 0 Å². The van der Waals surface area contributed by atoms with Crippen LogP contribution >= 0.6 is 11.8 Å². The van der Waals surface area contributed by atoms with E-state index < -0.39 is 5.51 Å². The van der Waals surface area contributed by atoms with Crippen molar-refractivity contribution in [2.75, 3.05) is 19.6 Å². The van der Waals surface area contributed by atoms with Gasteiger partial charge in [-0.2, -0.15) is 13.2 Å². The summed E-state index contributed by atoms with van der Waals surface area (Å²) in [6, 6.07) is 6.16. The minimum absolute atomic E-state index is 0.0831. The van der Waals surface area contributed by atoms with Crippen LogP contribution in [0.5, 0.6) is 0 Å². The minimum atomic E-state index is -4.31. The molecule has 1 heterocycles. The van der Waals surface area contributed by atoms with Gasteiger partial charge in [0.2, 0.25) is 0 Å². The highest BCUT2D eigenvalue weighted by molar-refractivity contribution is 8.00. The summed E-state index contributed by atoms with van der Waals surface area (Å²) in [6.45, 7) is 5.07. The number of nitrogens with one attached hydrogen (secondary N) is 1. The van der Waals surface area contributed by atoms with Crippen LogP contribution in [0, 0.1) is 0 Å². The van der Waals surface area contributed by atoms with Crippen LogP contribution in [-0.2, 0) is 0 Å². The number of benzene rings is 1. The van der Waals surface area contributed by atoms with Crippen molar-refractivity contribution in [3.05, 3.63) is 29.8 Å². The number of carbonyl (C=O) groups excluding carboxylic acids is 1. The van der Waals surface area contributed by atoms with E-state index in [2.05, 4.69) is 17.1 Å². The van der Waals surface area contributed by atoms with Crippen molar-refractivity contribution >= 4 is 17.7 Å². The van der Waals surface area contributed by atoms with Crippen molar-refractivity contribution in [3.8, 4) is 0 Å². The lowest BCUT2D eigenvalue weighted by molar-refractivity contribution is -0.0328. The number of hydrogen-bond donors (Lipinski definition) is 1. The molecular weight excluding hydrogens is 349 g/mol. The first-order valence-electron chi connectivity index (χ1n) is 8.73. The molecule has 25 heavy (non-hydrogen) atoms. The molecule has 0 aromatic heterocycles. The minimum Gasteiger partial charge on any atom is -0.352 e. The molecule has 1 N–H and O–H groups in total. The highest BCUT2D eigenvalue weighted by Gasteiger charge is 2.29. The molecule has 1 unspecified atom stereocenters. The maximum atomic E-state index is 12.3. The van der Waals surface area contributed by atoms with Gasteiger partial charge in [-0.3, -0.25) is 4.79 Å². The molecule has 0 bridgehead atoms. The molecule has 7 heteroatoms. The van der Waals surface area contributed by atoms with Crippen LogP contribution in [0.15, 0.2) is 29.2 Å². The predicted molar refractivity (Wildman–Crippen MR) is 94.8 cm³/mol. The second-order valence-corrected chi connectivity index (χ2v) is 7.55. The van der Waals surface area contributed by atoms with Gasteiger partial charge in [0.15, 0.2) is 0 Å². The maximum absolute atomic E-state index is 12.3. The average Bonchev–Trinajstić information content (AvgIpc) is 2.55. The zero-order valence-corrected chi connectivity index (χ0v) is 15.3. The topological polar surface area (TPSA) is 32.3 Å². The zero-order chi connectivity index (χ0) is 18.3. The molecule has 0 radical (unpaired) electrons. The molecule has 1 atom stereocenters. The lowest BCUT2D eigenvalue weighted by atomic mass is 10.0. The van der Waals surface area contributed by atoms with Crippen LogP contribution < -0.4 is 5.32 Å². The summed E-state index contributed by atoms with van der Waals surface area (Å²) in [5.41, 5.74) is -3.92. The summed E-state index contributed by atoms with van der Waals surface area (Å²) in [5, 5.41) is 2.83. The van der Waals surface area contributed by atoms with Crippen molar-refractivity contribution in [1.29, 1.82) is 0 Å². The third kappa shape index (κ3) is 7.28. The highest BCUT2D eigenvalue weighted by atomic mass is 32.2. The lowest BCUT2D eigenvalue weighted by Gasteiger charge is -2.33. The van der Waals surface area contributed by atoms with Gasteiger partial charge in [0, 0.05) is 23.0 Å². The second kappa shape index (κ2) is 9.48. The number of carbonyl (C=O) groups is 1. The molecule has 140 valence electrons. The number of hydrogen-bond acceptors (Lipinski definition) is 3. The lowest BCUT2D eigenvalue weighted by Crippen LogP contribution is -2.38. The van der Waals surface area contributed by atoms with Crippen LogP contribution in [0.4, 0.5) is 13.2 Å². The monoisotopic (exact) mass is 374 g/mol. The summed E-state index contributed by atoms with van der Waals surface area (Å²) in [7, 11) is 0. The molecular formula is C18H25F3N2OS. The number of likely N-dealkylation sites (tertiary alicyclic amines) is 1. The van der Waals surface area contributed by atoms with E-state index in [0.29, 0.717) is 18.2 Å². The summed E-state index contributed by atoms with van der Waals surface area (Å²) in [4.78, 5) is 14.6. The number of alkyl halides is 3. The van der Waals surface area contributed by atoms with Crippen molar-refractivity contribution in [3.63, 3.8) is 0 Å². The van der Waals surface area contributed by atoms with Crippen molar-refractivity contribution in [1.82, 2.24) is 10.2 Å². The van der Waals surface area contributed by atoms with Crippen LogP contribution in [0.2, 0.25) is 0 Å².